The van der Waals surface area contributed by atoms with E-state index in [-0.39, 0.29) is 25.2 Å². The van der Waals surface area contributed by atoms with Crippen LogP contribution in [0.5, 0.6) is 0 Å². The SMILES string of the molecule is CC/C=C\C/C=C\C/C=C\C/C=C\CCCCCCCCC(=O)OCC(COCCCCCCCCCC/C=C\CCCCCCCC)OC(=O)CCCC/C=C\C/C=C\C/C=C\C/C=C\CC. The van der Waals surface area contributed by atoms with Gasteiger partial charge in [0.1, 0.15) is 6.61 Å². The van der Waals surface area contributed by atoms with Gasteiger partial charge < -0.3 is 14.2 Å². The predicted octanol–water partition coefficient (Wildman–Crippen LogP) is 19.6. The van der Waals surface area contributed by atoms with Crippen LogP contribution in [0.3, 0.4) is 0 Å². The van der Waals surface area contributed by atoms with E-state index in [1.807, 2.05) is 0 Å². The maximum Gasteiger partial charge on any atom is 0.306 e. The maximum absolute atomic E-state index is 12.8. The first kappa shape index (κ1) is 64.6. The van der Waals surface area contributed by atoms with Crippen molar-refractivity contribution in [3.8, 4) is 0 Å². The molecule has 1 unspecified atom stereocenters. The molecule has 0 radical (unpaired) electrons. The average Bonchev–Trinajstić information content (AvgIpc) is 3.34. The topological polar surface area (TPSA) is 61.8 Å². The molecule has 0 saturated heterocycles. The molecule has 0 heterocycles. The van der Waals surface area contributed by atoms with Crippen molar-refractivity contribution in [2.75, 3.05) is 19.8 Å². The first-order valence-corrected chi connectivity index (χ1v) is 28.4. The monoisotopic (exact) mass is 943 g/mol. The minimum absolute atomic E-state index is 0.0543. The van der Waals surface area contributed by atoms with Crippen LogP contribution in [0.15, 0.2) is 109 Å². The van der Waals surface area contributed by atoms with Crippen molar-refractivity contribution in [2.45, 2.75) is 258 Å². The lowest BCUT2D eigenvalue weighted by Crippen LogP contribution is -2.30. The first-order valence-electron chi connectivity index (χ1n) is 28.4. The van der Waals surface area contributed by atoms with Crippen LogP contribution in [0.2, 0.25) is 0 Å². The average molecular weight is 944 g/mol. The number of carbonyl (C=O) groups excluding carboxylic acids is 2. The second kappa shape index (κ2) is 57.9. The molecule has 0 aliphatic heterocycles. The highest BCUT2D eigenvalue weighted by Gasteiger charge is 2.17. The molecule has 0 saturated carbocycles. The van der Waals surface area contributed by atoms with E-state index in [0.717, 1.165) is 109 Å². The van der Waals surface area contributed by atoms with Crippen molar-refractivity contribution < 1.29 is 23.8 Å². The number of hydrogen-bond acceptors (Lipinski definition) is 5. The number of carbonyl (C=O) groups is 2. The van der Waals surface area contributed by atoms with Crippen LogP contribution >= 0.6 is 0 Å². The Hall–Kier alpha value is -3.44. The highest BCUT2D eigenvalue weighted by molar-refractivity contribution is 5.70. The van der Waals surface area contributed by atoms with E-state index in [2.05, 4.69) is 130 Å². The van der Waals surface area contributed by atoms with Gasteiger partial charge in [0.05, 0.1) is 6.61 Å². The molecule has 0 N–H and O–H groups in total. The minimum atomic E-state index is -0.573. The van der Waals surface area contributed by atoms with E-state index in [4.69, 9.17) is 14.2 Å². The van der Waals surface area contributed by atoms with E-state index < -0.39 is 6.10 Å². The molecule has 68 heavy (non-hydrogen) atoms. The summed E-state index contributed by atoms with van der Waals surface area (Å²) in [5.74, 6) is -0.464. The van der Waals surface area contributed by atoms with Gasteiger partial charge in [-0.05, 0) is 122 Å². The molecule has 0 aromatic carbocycles. The summed E-state index contributed by atoms with van der Waals surface area (Å²) in [5, 5.41) is 0. The second-order valence-corrected chi connectivity index (χ2v) is 18.4. The van der Waals surface area contributed by atoms with Gasteiger partial charge in [-0.1, -0.05) is 226 Å². The van der Waals surface area contributed by atoms with Crippen LogP contribution in [-0.4, -0.2) is 37.9 Å². The van der Waals surface area contributed by atoms with E-state index in [0.29, 0.717) is 19.4 Å². The number of esters is 2. The van der Waals surface area contributed by atoms with Crippen LogP contribution < -0.4 is 0 Å². The molecule has 0 fully saturated rings. The van der Waals surface area contributed by atoms with Crippen LogP contribution in [0.25, 0.3) is 0 Å². The van der Waals surface area contributed by atoms with E-state index in [1.165, 1.54) is 109 Å². The smallest absolute Gasteiger partial charge is 0.306 e. The molecule has 0 rings (SSSR count). The van der Waals surface area contributed by atoms with E-state index in [1.54, 1.807) is 0 Å². The molecule has 0 spiro atoms. The number of hydrogen-bond donors (Lipinski definition) is 0. The quantitative estimate of drug-likeness (QED) is 0.0345. The van der Waals surface area contributed by atoms with Crippen molar-refractivity contribution >= 4 is 11.9 Å². The summed E-state index contributed by atoms with van der Waals surface area (Å²) < 4.78 is 17.4. The molecule has 0 aromatic rings. The fraction of sp³-hybridized carbons (Fsp3) is 0.683. The third-order valence-corrected chi connectivity index (χ3v) is 11.8. The van der Waals surface area contributed by atoms with Crippen molar-refractivity contribution in [1.29, 1.82) is 0 Å². The van der Waals surface area contributed by atoms with Crippen LogP contribution in [0, 0.1) is 0 Å². The number of allylic oxidation sites excluding steroid dienone is 18. The molecule has 5 nitrogen and oxygen atoms in total. The lowest BCUT2D eigenvalue weighted by Gasteiger charge is -2.18. The van der Waals surface area contributed by atoms with Gasteiger partial charge in [-0.25, -0.2) is 0 Å². The molecular weight excluding hydrogens is 837 g/mol. The Balaban J connectivity index is 4.37. The van der Waals surface area contributed by atoms with Gasteiger partial charge in [-0.3, -0.25) is 9.59 Å². The van der Waals surface area contributed by atoms with Gasteiger partial charge in [0, 0.05) is 19.4 Å². The largest absolute Gasteiger partial charge is 0.462 e. The zero-order valence-electron chi connectivity index (χ0n) is 44.6. The summed E-state index contributed by atoms with van der Waals surface area (Å²) in [5.41, 5.74) is 0. The van der Waals surface area contributed by atoms with Gasteiger partial charge in [0.15, 0.2) is 6.10 Å². The third kappa shape index (κ3) is 55.2. The molecule has 0 amide bonds. The van der Waals surface area contributed by atoms with Crippen molar-refractivity contribution in [2.24, 2.45) is 0 Å². The van der Waals surface area contributed by atoms with Gasteiger partial charge >= 0.3 is 11.9 Å². The lowest BCUT2D eigenvalue weighted by molar-refractivity contribution is -0.163. The lowest BCUT2D eigenvalue weighted by atomic mass is 10.1. The van der Waals surface area contributed by atoms with Gasteiger partial charge in [0.25, 0.3) is 0 Å². The predicted molar refractivity (Wildman–Crippen MR) is 297 cm³/mol. The van der Waals surface area contributed by atoms with E-state index >= 15 is 0 Å². The Morgan fingerprint density at radius 1 is 0.338 bits per heavy atom. The number of rotatable bonds is 51. The Labute approximate surface area is 421 Å². The minimum Gasteiger partial charge on any atom is -0.462 e. The second-order valence-electron chi connectivity index (χ2n) is 18.4. The molecule has 0 aliphatic rings. The maximum atomic E-state index is 12.8. The zero-order chi connectivity index (χ0) is 49.2. The standard InChI is InChI=1S/C63H106O5/c1-4-7-10-13-16-19-22-25-28-30-32-33-36-38-41-44-47-50-53-56-62(64)67-60-61(68-63(65)57-54-51-48-45-42-39-35-27-24-21-18-15-12-9-6-3)59-66-58-55-52-49-46-43-40-37-34-31-29-26-23-20-17-14-11-8-5-2/h7,9-10,12,16,18-19,21,25-29,32-33,35,42,45,61H,4-6,8,11,13-15,17,20,22-24,30-31,34,36-41,43-44,46-60H2,1-3H3/b10-7-,12-9-,19-16-,21-18-,28-25-,29-26-,33-32-,35-27-,45-42-. The van der Waals surface area contributed by atoms with Crippen molar-refractivity contribution in [3.05, 3.63) is 109 Å². The number of ether oxygens (including phenoxy) is 3. The molecule has 388 valence electrons. The Morgan fingerprint density at radius 2 is 0.662 bits per heavy atom. The highest BCUT2D eigenvalue weighted by atomic mass is 16.6. The normalized spacial score (nSPS) is 13.0. The highest BCUT2D eigenvalue weighted by Crippen LogP contribution is 2.14. The molecule has 0 aromatic heterocycles. The Kier molecular flexibility index (Phi) is 54.9. The van der Waals surface area contributed by atoms with Gasteiger partial charge in [-0.15, -0.1) is 0 Å². The van der Waals surface area contributed by atoms with Gasteiger partial charge in [0.2, 0.25) is 0 Å². The molecule has 5 heteroatoms. The fourth-order valence-electron chi connectivity index (χ4n) is 7.60. The van der Waals surface area contributed by atoms with Crippen LogP contribution in [0.4, 0.5) is 0 Å². The molecule has 1 atom stereocenters. The van der Waals surface area contributed by atoms with Crippen LogP contribution in [-0.2, 0) is 23.8 Å². The molecular formula is C63H106O5. The summed E-state index contributed by atoms with van der Waals surface area (Å²) in [6.45, 7) is 7.54. The Bertz CT molecular complexity index is 1340. The summed E-state index contributed by atoms with van der Waals surface area (Å²) >= 11 is 0. The van der Waals surface area contributed by atoms with Crippen molar-refractivity contribution in [3.63, 3.8) is 0 Å². The molecule has 0 bridgehead atoms. The molecule has 0 aliphatic carbocycles. The van der Waals surface area contributed by atoms with E-state index in [9.17, 15) is 9.59 Å². The number of unbranched alkanes of at least 4 members (excludes halogenated alkanes) is 22. The third-order valence-electron chi connectivity index (χ3n) is 11.8. The Morgan fingerprint density at radius 3 is 1.10 bits per heavy atom. The summed E-state index contributed by atoms with van der Waals surface area (Å²) in [6.07, 6.45) is 79.7. The zero-order valence-corrected chi connectivity index (χ0v) is 44.6. The summed E-state index contributed by atoms with van der Waals surface area (Å²) in [7, 11) is 0. The van der Waals surface area contributed by atoms with Crippen LogP contribution in [0.1, 0.15) is 252 Å². The fourth-order valence-corrected chi connectivity index (χ4v) is 7.60. The summed E-state index contributed by atoms with van der Waals surface area (Å²) in [4.78, 5) is 25.5. The van der Waals surface area contributed by atoms with Gasteiger partial charge in [-0.2, -0.15) is 0 Å². The van der Waals surface area contributed by atoms with Crippen molar-refractivity contribution in [1.82, 2.24) is 0 Å². The summed E-state index contributed by atoms with van der Waals surface area (Å²) in [6, 6.07) is 0. The first-order chi connectivity index (χ1) is 33.6.